The second-order valence-electron chi connectivity index (χ2n) is 15.8. The van der Waals surface area contributed by atoms with Gasteiger partial charge in [0.2, 0.25) is 11.8 Å². The first-order chi connectivity index (χ1) is 26.5. The minimum Gasteiger partial charge on any atom is -0.508 e. The van der Waals surface area contributed by atoms with E-state index >= 15 is 0 Å². The Kier molecular flexibility index (Phi) is 9.85. The van der Waals surface area contributed by atoms with Crippen molar-refractivity contribution in [3.05, 3.63) is 156 Å². The molecular formula is C45H45BN2O6Si. The molecule has 2 aliphatic heterocycles. The minimum absolute atomic E-state index is 0.0846. The van der Waals surface area contributed by atoms with Crippen molar-refractivity contribution in [2.45, 2.75) is 44.8 Å². The summed E-state index contributed by atoms with van der Waals surface area (Å²) in [6.07, 6.45) is 0.0152. The standard InChI is InChI=1S/C45H45BN2O6Si/c1-45(2,3)55(36-18-9-5-10-19-36,37-20-11-6-12-21-37)53-29-31-27-39-41(38-28-40(54-46(52)42(31)38)30-14-13-17-35(49)26-30)44(51)48(43(39)50)34-24-22-33(23-25-34)47-32-15-7-4-8-16-32/h4-26,38-41,47,49,52H,27-29H2,1-3H3/t38-,39-,40-,41+/m0/s1. The number of rotatable bonds is 9. The Bertz CT molecular complexity index is 2170. The van der Waals surface area contributed by atoms with E-state index in [1.165, 1.54) is 4.90 Å². The van der Waals surface area contributed by atoms with E-state index in [-0.39, 0.29) is 35.6 Å². The number of carbonyl (C=O) groups excluding carboxylic acids is 2. The number of phenolic OH excluding ortho intramolecular Hbond substituents is 1. The summed E-state index contributed by atoms with van der Waals surface area (Å²) in [5, 5.41) is 27.5. The third-order valence-corrected chi connectivity index (χ3v) is 16.5. The molecule has 0 aromatic heterocycles. The molecule has 0 spiro atoms. The predicted octanol–water partition coefficient (Wildman–Crippen LogP) is 7.32. The average Bonchev–Trinajstić information content (AvgIpc) is 3.44. The Labute approximate surface area is 323 Å². The molecular weight excluding hydrogens is 703 g/mol. The Morgan fingerprint density at radius 2 is 1.38 bits per heavy atom. The molecule has 0 radical (unpaired) electrons. The van der Waals surface area contributed by atoms with Crippen LogP contribution in [0, 0.1) is 17.8 Å². The van der Waals surface area contributed by atoms with Gasteiger partial charge in [-0.25, -0.2) is 0 Å². The maximum Gasteiger partial charge on any atom is 0.487 e. The first kappa shape index (κ1) is 36.7. The monoisotopic (exact) mass is 748 g/mol. The van der Waals surface area contributed by atoms with Gasteiger partial charge in [0.1, 0.15) is 5.75 Å². The highest BCUT2D eigenvalue weighted by atomic mass is 28.4. The van der Waals surface area contributed by atoms with Gasteiger partial charge < -0.3 is 24.5 Å². The highest BCUT2D eigenvalue weighted by Crippen LogP contribution is 2.52. The smallest absolute Gasteiger partial charge is 0.487 e. The molecule has 4 atom stereocenters. The molecule has 278 valence electrons. The lowest BCUT2D eigenvalue weighted by molar-refractivity contribution is -0.123. The fraction of sp³-hybridized carbons (Fsp3) is 0.244. The van der Waals surface area contributed by atoms with Gasteiger partial charge in [-0.3, -0.25) is 14.5 Å². The predicted molar refractivity (Wildman–Crippen MR) is 219 cm³/mol. The molecule has 8 rings (SSSR count). The molecule has 8 nitrogen and oxygen atoms in total. The Morgan fingerprint density at radius 3 is 1.98 bits per heavy atom. The second-order valence-corrected chi connectivity index (χ2v) is 20.1. The van der Waals surface area contributed by atoms with Crippen LogP contribution in [0.5, 0.6) is 5.75 Å². The first-order valence-corrected chi connectivity index (χ1v) is 20.9. The molecule has 3 N–H and O–H groups in total. The summed E-state index contributed by atoms with van der Waals surface area (Å²) in [5.74, 6) is -2.28. The van der Waals surface area contributed by atoms with E-state index < -0.39 is 39.3 Å². The van der Waals surface area contributed by atoms with Crippen molar-refractivity contribution in [1.82, 2.24) is 0 Å². The topological polar surface area (TPSA) is 108 Å². The number of carbonyl (C=O) groups is 2. The normalized spacial score (nSPS) is 21.4. The molecule has 5 aromatic rings. The second kappa shape index (κ2) is 14.8. The molecule has 3 aliphatic rings. The maximum absolute atomic E-state index is 14.6. The van der Waals surface area contributed by atoms with Gasteiger partial charge in [-0.2, -0.15) is 0 Å². The zero-order valence-corrected chi connectivity index (χ0v) is 32.3. The summed E-state index contributed by atoms with van der Waals surface area (Å²) in [6, 6.07) is 44.7. The lowest BCUT2D eigenvalue weighted by Gasteiger charge is -2.45. The number of nitrogens with zero attached hydrogens (tertiary/aromatic N) is 1. The van der Waals surface area contributed by atoms with Crippen molar-refractivity contribution < 1.29 is 28.8 Å². The fourth-order valence-electron chi connectivity index (χ4n) is 9.08. The number of nitrogens with one attached hydrogen (secondary N) is 1. The van der Waals surface area contributed by atoms with Crippen molar-refractivity contribution in [1.29, 1.82) is 0 Å². The summed E-state index contributed by atoms with van der Waals surface area (Å²) in [5.41, 5.74) is 4.39. The van der Waals surface area contributed by atoms with Crippen LogP contribution in [0.3, 0.4) is 0 Å². The third-order valence-electron chi connectivity index (χ3n) is 11.5. The zero-order chi connectivity index (χ0) is 38.3. The number of hydrogen-bond acceptors (Lipinski definition) is 7. The van der Waals surface area contributed by atoms with Crippen molar-refractivity contribution in [3.63, 3.8) is 0 Å². The fourth-order valence-corrected chi connectivity index (χ4v) is 13.6. The lowest BCUT2D eigenvalue weighted by Crippen LogP contribution is -2.66. The minimum atomic E-state index is -3.00. The molecule has 2 heterocycles. The van der Waals surface area contributed by atoms with E-state index in [4.69, 9.17) is 9.08 Å². The van der Waals surface area contributed by atoms with Crippen molar-refractivity contribution in [2.75, 3.05) is 16.8 Å². The summed E-state index contributed by atoms with van der Waals surface area (Å²) in [4.78, 5) is 30.5. The number of benzene rings is 5. The van der Waals surface area contributed by atoms with Gasteiger partial charge >= 0.3 is 7.12 Å². The molecule has 2 fully saturated rings. The highest BCUT2D eigenvalue weighted by Gasteiger charge is 2.59. The van der Waals surface area contributed by atoms with Gasteiger partial charge in [0.05, 0.1) is 30.2 Å². The van der Waals surface area contributed by atoms with Crippen LogP contribution in [0.15, 0.2) is 151 Å². The molecule has 10 heteroatoms. The van der Waals surface area contributed by atoms with Crippen molar-refractivity contribution in [3.8, 4) is 5.75 Å². The van der Waals surface area contributed by atoms with Gasteiger partial charge in [-0.05, 0) is 99.3 Å². The number of allylic oxidation sites excluding steroid dienone is 1. The van der Waals surface area contributed by atoms with Crippen LogP contribution in [0.1, 0.15) is 45.3 Å². The summed E-state index contributed by atoms with van der Waals surface area (Å²) in [6.45, 7) is 6.81. The van der Waals surface area contributed by atoms with E-state index in [2.05, 4.69) is 50.4 Å². The molecule has 5 aromatic carbocycles. The number of amides is 2. The number of hydrogen-bond donors (Lipinski definition) is 3. The van der Waals surface area contributed by atoms with Crippen LogP contribution < -0.4 is 20.6 Å². The number of anilines is 3. The lowest BCUT2D eigenvalue weighted by atomic mass is 9.55. The average molecular weight is 749 g/mol. The van der Waals surface area contributed by atoms with Gasteiger partial charge in [-0.15, -0.1) is 0 Å². The summed E-state index contributed by atoms with van der Waals surface area (Å²) < 4.78 is 13.7. The van der Waals surface area contributed by atoms with Gasteiger partial charge in [-0.1, -0.05) is 112 Å². The van der Waals surface area contributed by atoms with Gasteiger partial charge in [0, 0.05) is 11.4 Å². The van der Waals surface area contributed by atoms with E-state index in [0.717, 1.165) is 27.3 Å². The quantitative estimate of drug-likeness (QED) is 0.107. The van der Waals surface area contributed by atoms with E-state index in [0.29, 0.717) is 23.1 Å². The molecule has 2 saturated heterocycles. The van der Waals surface area contributed by atoms with Crippen LogP contribution in [-0.2, 0) is 18.7 Å². The van der Waals surface area contributed by atoms with Crippen LogP contribution in [0.2, 0.25) is 5.04 Å². The SMILES string of the molecule is CC(C)(C)[Si](OCC1=C2B(O)O[C@H](c3cccc(O)c3)C[C@H]2[C@H]2C(=O)N(c3ccc(Nc4ccccc4)cc3)C(=O)[C@H]2C1)(c1ccccc1)c1ccccc1. The highest BCUT2D eigenvalue weighted by molar-refractivity contribution is 6.99. The summed E-state index contributed by atoms with van der Waals surface area (Å²) >= 11 is 0. The van der Waals surface area contributed by atoms with Crippen LogP contribution >= 0.6 is 0 Å². The van der Waals surface area contributed by atoms with Crippen molar-refractivity contribution in [2.24, 2.45) is 17.8 Å². The van der Waals surface area contributed by atoms with Gasteiger partial charge in [0.25, 0.3) is 8.32 Å². The maximum atomic E-state index is 14.6. The Balaban J connectivity index is 1.17. The Morgan fingerprint density at radius 1 is 0.782 bits per heavy atom. The molecule has 1 aliphatic carbocycles. The summed E-state index contributed by atoms with van der Waals surface area (Å²) in [7, 11) is -4.33. The molecule has 0 saturated carbocycles. The number of aromatic hydroxyl groups is 1. The number of imide groups is 1. The molecule has 55 heavy (non-hydrogen) atoms. The van der Waals surface area contributed by atoms with Crippen LogP contribution in [0.25, 0.3) is 0 Å². The largest absolute Gasteiger partial charge is 0.508 e. The van der Waals surface area contributed by atoms with Crippen LogP contribution in [-0.4, -0.2) is 44.0 Å². The first-order valence-electron chi connectivity index (χ1n) is 18.9. The molecule has 0 bridgehead atoms. The van der Waals surface area contributed by atoms with E-state index in [1.807, 2.05) is 84.9 Å². The number of phenols is 1. The number of para-hydroxylation sites is 1. The Hall–Kier alpha value is -5.26. The number of fused-ring (bicyclic) bond motifs is 3. The third kappa shape index (κ3) is 6.74. The van der Waals surface area contributed by atoms with Gasteiger partial charge in [0.15, 0.2) is 0 Å². The van der Waals surface area contributed by atoms with Crippen molar-refractivity contribution >= 4 is 54.7 Å². The molecule has 2 amide bonds. The zero-order valence-electron chi connectivity index (χ0n) is 31.3. The van der Waals surface area contributed by atoms with Crippen LogP contribution in [0.4, 0.5) is 17.1 Å². The van der Waals surface area contributed by atoms with E-state index in [9.17, 15) is 19.7 Å². The molecule has 0 unspecified atom stereocenters. The van der Waals surface area contributed by atoms with E-state index in [1.54, 1.807) is 30.3 Å².